The summed E-state index contributed by atoms with van der Waals surface area (Å²) in [5, 5.41) is 3.19. The third kappa shape index (κ3) is 5.88. The Morgan fingerprint density at radius 2 is 2.16 bits per heavy atom. The van der Waals surface area contributed by atoms with Gasteiger partial charge in [-0.2, -0.15) is 0 Å². The second kappa shape index (κ2) is 9.56. The molecule has 0 fully saturated rings. The summed E-state index contributed by atoms with van der Waals surface area (Å²) >= 11 is 0. The number of hydrogen-bond acceptors (Lipinski definition) is 2. The zero-order valence-electron chi connectivity index (χ0n) is 11.8. The van der Waals surface area contributed by atoms with Gasteiger partial charge in [-0.3, -0.25) is 0 Å². The summed E-state index contributed by atoms with van der Waals surface area (Å²) in [6.07, 6.45) is 6.11. The van der Waals surface area contributed by atoms with Crippen LogP contribution in [-0.2, 0) is 6.54 Å². The summed E-state index contributed by atoms with van der Waals surface area (Å²) in [6.45, 7) is 7.78. The van der Waals surface area contributed by atoms with E-state index < -0.39 is 0 Å². The number of allylic oxidation sites excluding steroid dienone is 1. The predicted octanol–water partition coefficient (Wildman–Crippen LogP) is 4.06. The normalized spacial score (nSPS) is 10.4. The lowest BCUT2D eigenvalue weighted by atomic mass is 10.2. The van der Waals surface area contributed by atoms with Gasteiger partial charge in [0.15, 0.2) is 11.6 Å². The highest BCUT2D eigenvalue weighted by molar-refractivity contribution is 5.34. The fraction of sp³-hybridized carbons (Fsp3) is 0.500. The van der Waals surface area contributed by atoms with Crippen molar-refractivity contribution in [1.82, 2.24) is 5.32 Å². The lowest BCUT2D eigenvalue weighted by molar-refractivity contribution is 0.287. The van der Waals surface area contributed by atoms with Crippen LogP contribution in [0.25, 0.3) is 0 Å². The van der Waals surface area contributed by atoms with E-state index in [1.54, 1.807) is 6.07 Å². The smallest absolute Gasteiger partial charge is 0.165 e. The zero-order chi connectivity index (χ0) is 13.9. The molecule has 0 unspecified atom stereocenters. The molecular formula is C16H24FNO. The first kappa shape index (κ1) is 15.7. The van der Waals surface area contributed by atoms with Crippen molar-refractivity contribution < 1.29 is 9.13 Å². The van der Waals surface area contributed by atoms with Crippen molar-refractivity contribution in [2.24, 2.45) is 0 Å². The van der Waals surface area contributed by atoms with E-state index >= 15 is 0 Å². The Labute approximate surface area is 115 Å². The molecule has 0 radical (unpaired) electrons. The van der Waals surface area contributed by atoms with Crippen LogP contribution in [0.4, 0.5) is 4.39 Å². The molecule has 1 aromatic carbocycles. The van der Waals surface area contributed by atoms with E-state index in [0.717, 1.165) is 37.8 Å². The SMILES string of the molecule is C=CCCCCCOc1c(F)cccc1CNCC. The highest BCUT2D eigenvalue weighted by Crippen LogP contribution is 2.23. The lowest BCUT2D eigenvalue weighted by Gasteiger charge is -2.12. The average molecular weight is 265 g/mol. The van der Waals surface area contributed by atoms with Crippen molar-refractivity contribution in [3.05, 3.63) is 42.2 Å². The van der Waals surface area contributed by atoms with Gasteiger partial charge in [0, 0.05) is 12.1 Å². The Morgan fingerprint density at radius 3 is 2.89 bits per heavy atom. The fourth-order valence-corrected chi connectivity index (χ4v) is 1.86. The molecule has 0 aliphatic rings. The monoisotopic (exact) mass is 265 g/mol. The minimum absolute atomic E-state index is 0.276. The highest BCUT2D eigenvalue weighted by Gasteiger charge is 2.09. The number of hydrogen-bond donors (Lipinski definition) is 1. The van der Waals surface area contributed by atoms with Crippen molar-refractivity contribution in [1.29, 1.82) is 0 Å². The molecule has 1 aromatic rings. The quantitative estimate of drug-likeness (QED) is 0.509. The maximum absolute atomic E-state index is 13.7. The molecule has 0 aliphatic carbocycles. The molecule has 0 saturated heterocycles. The van der Waals surface area contributed by atoms with E-state index in [1.807, 2.05) is 19.1 Å². The largest absolute Gasteiger partial charge is 0.490 e. The molecule has 0 amide bonds. The predicted molar refractivity (Wildman–Crippen MR) is 77.9 cm³/mol. The first-order valence-corrected chi connectivity index (χ1v) is 7.01. The molecule has 0 heterocycles. The van der Waals surface area contributed by atoms with Gasteiger partial charge in [0.1, 0.15) is 0 Å². The van der Waals surface area contributed by atoms with Crippen LogP contribution in [0.3, 0.4) is 0 Å². The summed E-state index contributed by atoms with van der Waals surface area (Å²) in [5.41, 5.74) is 0.882. The maximum Gasteiger partial charge on any atom is 0.165 e. The van der Waals surface area contributed by atoms with Crippen LogP contribution < -0.4 is 10.1 Å². The molecule has 3 heteroatoms. The van der Waals surface area contributed by atoms with Crippen LogP contribution >= 0.6 is 0 Å². The number of nitrogens with one attached hydrogen (secondary N) is 1. The van der Waals surface area contributed by atoms with E-state index in [0.29, 0.717) is 18.9 Å². The molecular weight excluding hydrogens is 241 g/mol. The maximum atomic E-state index is 13.7. The topological polar surface area (TPSA) is 21.3 Å². The van der Waals surface area contributed by atoms with Crippen LogP contribution in [0.15, 0.2) is 30.9 Å². The van der Waals surface area contributed by atoms with Crippen molar-refractivity contribution in [3.8, 4) is 5.75 Å². The molecule has 1 rings (SSSR count). The third-order valence-corrected chi connectivity index (χ3v) is 2.91. The first-order chi connectivity index (χ1) is 9.29. The van der Waals surface area contributed by atoms with E-state index in [1.165, 1.54) is 6.07 Å². The van der Waals surface area contributed by atoms with Crippen molar-refractivity contribution in [2.45, 2.75) is 39.2 Å². The zero-order valence-corrected chi connectivity index (χ0v) is 11.8. The van der Waals surface area contributed by atoms with Gasteiger partial charge in [0.05, 0.1) is 6.61 Å². The number of para-hydroxylation sites is 1. The molecule has 19 heavy (non-hydrogen) atoms. The van der Waals surface area contributed by atoms with E-state index in [4.69, 9.17) is 4.74 Å². The lowest BCUT2D eigenvalue weighted by Crippen LogP contribution is -2.13. The number of halogens is 1. The van der Waals surface area contributed by atoms with Crippen molar-refractivity contribution in [2.75, 3.05) is 13.2 Å². The Kier molecular flexibility index (Phi) is 7.91. The van der Waals surface area contributed by atoms with Crippen LogP contribution in [0.2, 0.25) is 0 Å². The second-order valence-electron chi connectivity index (χ2n) is 4.49. The summed E-state index contributed by atoms with van der Waals surface area (Å²) < 4.78 is 19.3. The van der Waals surface area contributed by atoms with Gasteiger partial charge in [-0.1, -0.05) is 25.1 Å². The van der Waals surface area contributed by atoms with Crippen molar-refractivity contribution >= 4 is 0 Å². The Hall–Kier alpha value is -1.35. The standard InChI is InChI=1S/C16H24FNO/c1-3-5-6-7-8-12-19-16-14(13-18-4-2)10-9-11-15(16)17/h3,9-11,18H,1,4-8,12-13H2,2H3. The average Bonchev–Trinajstić information content (AvgIpc) is 2.42. The summed E-state index contributed by atoms with van der Waals surface area (Å²) in [5.74, 6) is 0.119. The Balaban J connectivity index is 2.44. The highest BCUT2D eigenvalue weighted by atomic mass is 19.1. The number of unbranched alkanes of at least 4 members (excludes halogenated alkanes) is 3. The van der Waals surface area contributed by atoms with Crippen LogP contribution in [0.5, 0.6) is 5.75 Å². The Morgan fingerprint density at radius 1 is 1.32 bits per heavy atom. The van der Waals surface area contributed by atoms with Gasteiger partial charge in [-0.25, -0.2) is 4.39 Å². The van der Waals surface area contributed by atoms with Crippen LogP contribution in [0.1, 0.15) is 38.2 Å². The van der Waals surface area contributed by atoms with Gasteiger partial charge in [0.2, 0.25) is 0 Å². The molecule has 0 spiro atoms. The molecule has 1 N–H and O–H groups in total. The molecule has 2 nitrogen and oxygen atoms in total. The number of ether oxygens (including phenoxy) is 1. The van der Waals surface area contributed by atoms with E-state index in [-0.39, 0.29) is 5.82 Å². The van der Waals surface area contributed by atoms with Gasteiger partial charge < -0.3 is 10.1 Å². The molecule has 0 aromatic heterocycles. The summed E-state index contributed by atoms with van der Waals surface area (Å²) in [7, 11) is 0. The van der Waals surface area contributed by atoms with Crippen molar-refractivity contribution in [3.63, 3.8) is 0 Å². The second-order valence-corrected chi connectivity index (χ2v) is 4.49. The van der Waals surface area contributed by atoms with Crippen LogP contribution in [-0.4, -0.2) is 13.2 Å². The van der Waals surface area contributed by atoms with Gasteiger partial charge in [-0.15, -0.1) is 6.58 Å². The Bertz CT molecular complexity index is 379. The molecule has 0 saturated carbocycles. The number of benzene rings is 1. The van der Waals surface area contributed by atoms with Crippen LogP contribution in [0, 0.1) is 5.82 Å². The molecule has 0 bridgehead atoms. The minimum atomic E-state index is -0.276. The molecule has 0 aliphatic heterocycles. The van der Waals surface area contributed by atoms with E-state index in [9.17, 15) is 4.39 Å². The minimum Gasteiger partial charge on any atom is -0.490 e. The third-order valence-electron chi connectivity index (χ3n) is 2.91. The molecule has 0 atom stereocenters. The fourth-order valence-electron chi connectivity index (χ4n) is 1.86. The van der Waals surface area contributed by atoms with Gasteiger partial charge >= 0.3 is 0 Å². The summed E-state index contributed by atoms with van der Waals surface area (Å²) in [4.78, 5) is 0. The first-order valence-electron chi connectivity index (χ1n) is 7.01. The van der Waals surface area contributed by atoms with Gasteiger partial charge in [-0.05, 0) is 38.3 Å². The summed E-state index contributed by atoms with van der Waals surface area (Å²) in [6, 6.07) is 5.07. The molecule has 106 valence electrons. The number of rotatable bonds is 10. The van der Waals surface area contributed by atoms with Gasteiger partial charge in [0.25, 0.3) is 0 Å². The van der Waals surface area contributed by atoms with E-state index in [2.05, 4.69) is 11.9 Å².